The Bertz CT molecular complexity index is 583. The van der Waals surface area contributed by atoms with Crippen LogP contribution in [0.3, 0.4) is 0 Å². The number of nitrogens with zero attached hydrogens (tertiary/aromatic N) is 1. The van der Waals surface area contributed by atoms with Crippen molar-refractivity contribution in [2.24, 2.45) is 5.73 Å². The van der Waals surface area contributed by atoms with Crippen molar-refractivity contribution >= 4 is 28.9 Å². The van der Waals surface area contributed by atoms with Crippen LogP contribution in [0.25, 0.3) is 0 Å². The molecule has 1 fully saturated rings. The lowest BCUT2D eigenvalue weighted by molar-refractivity contribution is -0.144. The number of rotatable bonds is 3. The second-order valence-electron chi connectivity index (χ2n) is 4.43. The first-order valence-electron chi connectivity index (χ1n) is 6.17. The van der Waals surface area contributed by atoms with Gasteiger partial charge in [0.1, 0.15) is 4.99 Å². The first-order chi connectivity index (χ1) is 9.97. The van der Waals surface area contributed by atoms with Crippen LogP contribution in [0.5, 0.6) is 0 Å². The fourth-order valence-electron chi connectivity index (χ4n) is 2.17. The minimum atomic E-state index is -1.13. The molecule has 1 saturated heterocycles. The third-order valence-corrected chi connectivity index (χ3v) is 3.46. The van der Waals surface area contributed by atoms with Crippen LogP contribution < -0.4 is 10.6 Å². The molecule has 0 spiro atoms. The van der Waals surface area contributed by atoms with Gasteiger partial charge in [-0.3, -0.25) is 0 Å². The Hall–Kier alpha value is -1.80. The number of carbonyl (C=O) groups is 1. The zero-order chi connectivity index (χ0) is 15.6. The molecule has 0 radical (unpaired) electrons. The van der Waals surface area contributed by atoms with Gasteiger partial charge in [0.25, 0.3) is 0 Å². The Morgan fingerprint density at radius 2 is 2.19 bits per heavy atom. The van der Waals surface area contributed by atoms with E-state index in [2.05, 4.69) is 17.0 Å². The van der Waals surface area contributed by atoms with Gasteiger partial charge in [-0.2, -0.15) is 0 Å². The number of halogens is 2. The van der Waals surface area contributed by atoms with Gasteiger partial charge < -0.3 is 20.1 Å². The molecule has 0 aromatic heterocycles. The number of ether oxygens (including phenoxy) is 2. The van der Waals surface area contributed by atoms with Crippen LogP contribution in [-0.2, 0) is 14.3 Å². The second-order valence-corrected chi connectivity index (χ2v) is 4.87. The van der Waals surface area contributed by atoms with Crippen molar-refractivity contribution in [1.82, 2.24) is 0 Å². The minimum absolute atomic E-state index is 0.0464. The predicted octanol–water partition coefficient (Wildman–Crippen LogP) is 0.977. The van der Waals surface area contributed by atoms with Gasteiger partial charge in [0.05, 0.1) is 26.0 Å². The van der Waals surface area contributed by atoms with Crippen LogP contribution in [0.2, 0.25) is 0 Å². The van der Waals surface area contributed by atoms with E-state index in [0.29, 0.717) is 6.61 Å². The number of morpholine rings is 1. The molecule has 5 nitrogen and oxygen atoms in total. The highest BCUT2D eigenvalue weighted by molar-refractivity contribution is 7.80. The molecule has 0 aliphatic carbocycles. The topological polar surface area (TPSA) is 64.8 Å². The van der Waals surface area contributed by atoms with Crippen LogP contribution in [0.1, 0.15) is 5.56 Å². The molecule has 0 bridgehead atoms. The van der Waals surface area contributed by atoms with E-state index in [1.807, 2.05) is 0 Å². The van der Waals surface area contributed by atoms with Gasteiger partial charge in [0.15, 0.2) is 17.7 Å². The largest absolute Gasteiger partial charge is 0.467 e. The van der Waals surface area contributed by atoms with E-state index in [4.69, 9.17) is 10.5 Å². The normalized spacial score (nSPS) is 18.4. The molecule has 21 heavy (non-hydrogen) atoms. The van der Waals surface area contributed by atoms with Crippen molar-refractivity contribution in [2.75, 3.05) is 31.8 Å². The Labute approximate surface area is 125 Å². The SMILES string of the molecule is COC(=O)C1COCCN1c1ccc(C(N)=S)c(F)c1F. The van der Waals surface area contributed by atoms with Crippen LogP contribution in [0, 0.1) is 11.6 Å². The third-order valence-electron chi connectivity index (χ3n) is 3.24. The molecule has 2 N–H and O–H groups in total. The average Bonchev–Trinajstić information content (AvgIpc) is 2.49. The van der Waals surface area contributed by atoms with Crippen LogP contribution in [0.15, 0.2) is 12.1 Å². The summed E-state index contributed by atoms with van der Waals surface area (Å²) in [5.41, 5.74) is 5.10. The highest BCUT2D eigenvalue weighted by atomic mass is 32.1. The molecule has 0 saturated carbocycles. The second kappa shape index (κ2) is 6.31. The van der Waals surface area contributed by atoms with Crippen LogP contribution in [-0.4, -0.2) is 43.9 Å². The van der Waals surface area contributed by atoms with E-state index in [9.17, 15) is 13.6 Å². The van der Waals surface area contributed by atoms with Crippen molar-refractivity contribution in [3.05, 3.63) is 29.3 Å². The summed E-state index contributed by atoms with van der Waals surface area (Å²) in [5.74, 6) is -2.81. The highest BCUT2D eigenvalue weighted by Crippen LogP contribution is 2.27. The Morgan fingerprint density at radius 3 is 2.81 bits per heavy atom. The lowest BCUT2D eigenvalue weighted by Gasteiger charge is -2.35. The standard InChI is InChI=1S/C13H14F2N2O3S/c1-19-13(18)9-6-20-5-4-17(9)8-3-2-7(12(16)21)10(14)11(8)15/h2-3,9H,4-6H2,1H3,(H2,16,21). The smallest absolute Gasteiger partial charge is 0.330 e. The zero-order valence-electron chi connectivity index (χ0n) is 11.3. The summed E-state index contributed by atoms with van der Waals surface area (Å²) in [6.45, 7) is 0.582. The lowest BCUT2D eigenvalue weighted by atomic mass is 10.1. The van der Waals surface area contributed by atoms with Crippen molar-refractivity contribution in [2.45, 2.75) is 6.04 Å². The summed E-state index contributed by atoms with van der Waals surface area (Å²) in [7, 11) is 1.22. The van der Waals surface area contributed by atoms with Gasteiger partial charge in [-0.1, -0.05) is 12.2 Å². The molecule has 1 atom stereocenters. The molecule has 114 valence electrons. The molecule has 0 amide bonds. The zero-order valence-corrected chi connectivity index (χ0v) is 12.1. The Kier molecular flexibility index (Phi) is 4.69. The summed E-state index contributed by atoms with van der Waals surface area (Å²) >= 11 is 4.66. The van der Waals surface area contributed by atoms with E-state index in [-0.39, 0.29) is 29.4 Å². The number of nitrogens with two attached hydrogens (primary N) is 1. The maximum atomic E-state index is 14.2. The van der Waals surface area contributed by atoms with Gasteiger partial charge in [-0.15, -0.1) is 0 Å². The monoisotopic (exact) mass is 316 g/mol. The molecule has 1 aliphatic rings. The highest BCUT2D eigenvalue weighted by Gasteiger charge is 2.33. The molecular formula is C13H14F2N2O3S. The molecule has 1 aromatic carbocycles. The number of hydrogen-bond acceptors (Lipinski definition) is 5. The van der Waals surface area contributed by atoms with Crippen LogP contribution in [0.4, 0.5) is 14.5 Å². The number of thiocarbonyl (C=S) groups is 1. The van der Waals surface area contributed by atoms with E-state index in [1.165, 1.54) is 24.1 Å². The molecule has 1 unspecified atom stereocenters. The van der Waals surface area contributed by atoms with Crippen molar-refractivity contribution in [3.8, 4) is 0 Å². The van der Waals surface area contributed by atoms with Gasteiger partial charge in [0, 0.05) is 12.1 Å². The van der Waals surface area contributed by atoms with Gasteiger partial charge in [0.2, 0.25) is 0 Å². The fraction of sp³-hybridized carbons (Fsp3) is 0.385. The first-order valence-corrected chi connectivity index (χ1v) is 6.58. The first kappa shape index (κ1) is 15.6. The molecule has 1 aromatic rings. The lowest BCUT2D eigenvalue weighted by Crippen LogP contribution is -2.51. The van der Waals surface area contributed by atoms with Gasteiger partial charge in [-0.05, 0) is 12.1 Å². The summed E-state index contributed by atoms with van der Waals surface area (Å²) in [5, 5.41) is 0. The molecular weight excluding hydrogens is 302 g/mol. The number of methoxy groups -OCH3 is 1. The van der Waals surface area contributed by atoms with Crippen LogP contribution >= 0.6 is 12.2 Å². The van der Waals surface area contributed by atoms with E-state index in [0.717, 1.165) is 0 Å². The maximum Gasteiger partial charge on any atom is 0.330 e. The predicted molar refractivity (Wildman–Crippen MR) is 76.2 cm³/mol. The minimum Gasteiger partial charge on any atom is -0.467 e. The molecule has 8 heteroatoms. The number of benzene rings is 1. The maximum absolute atomic E-state index is 14.2. The molecule has 1 aliphatic heterocycles. The summed E-state index contributed by atoms with van der Waals surface area (Å²) < 4.78 is 38.0. The summed E-state index contributed by atoms with van der Waals surface area (Å²) in [6, 6.07) is 1.81. The van der Waals surface area contributed by atoms with Crippen molar-refractivity contribution in [3.63, 3.8) is 0 Å². The quantitative estimate of drug-likeness (QED) is 0.662. The number of hydrogen-bond donors (Lipinski definition) is 1. The number of carbonyl (C=O) groups excluding carboxylic acids is 1. The van der Waals surface area contributed by atoms with E-state index in [1.54, 1.807) is 0 Å². The average molecular weight is 316 g/mol. The fourth-order valence-corrected chi connectivity index (χ4v) is 2.33. The number of esters is 1. The van der Waals surface area contributed by atoms with Gasteiger partial charge >= 0.3 is 5.97 Å². The van der Waals surface area contributed by atoms with Crippen molar-refractivity contribution < 1.29 is 23.0 Å². The summed E-state index contributed by atoms with van der Waals surface area (Å²) in [4.78, 5) is 12.9. The van der Waals surface area contributed by atoms with E-state index >= 15 is 0 Å². The van der Waals surface area contributed by atoms with Crippen molar-refractivity contribution in [1.29, 1.82) is 0 Å². The molecule has 1 heterocycles. The van der Waals surface area contributed by atoms with Gasteiger partial charge in [-0.25, -0.2) is 13.6 Å². The number of anilines is 1. The Balaban J connectivity index is 2.42. The van der Waals surface area contributed by atoms with E-state index < -0.39 is 23.6 Å². The Morgan fingerprint density at radius 1 is 1.48 bits per heavy atom. The third kappa shape index (κ3) is 2.96. The summed E-state index contributed by atoms with van der Waals surface area (Å²) in [6.07, 6.45) is 0. The molecule has 2 rings (SSSR count).